The highest BCUT2D eigenvalue weighted by Crippen LogP contribution is 2.24. The van der Waals surface area contributed by atoms with Crippen molar-refractivity contribution in [3.05, 3.63) is 29.8 Å². The van der Waals surface area contributed by atoms with Crippen molar-refractivity contribution in [2.75, 3.05) is 18.4 Å². The minimum Gasteiger partial charge on any atom is -0.444 e. The van der Waals surface area contributed by atoms with Crippen LogP contribution in [0.1, 0.15) is 65.4 Å². The SMILES string of the molecule is CC(=O)Nc1ccc(CCCCC2CCN(C(=O)OC(C)(C)C)CC2)cc1. The second kappa shape index (κ2) is 9.77. The molecule has 2 rings (SSSR count). The van der Waals surface area contributed by atoms with Gasteiger partial charge < -0.3 is 15.0 Å². The number of amides is 2. The lowest BCUT2D eigenvalue weighted by Gasteiger charge is -2.33. The molecule has 0 atom stereocenters. The molecule has 0 saturated carbocycles. The van der Waals surface area contributed by atoms with E-state index in [1.54, 1.807) is 0 Å². The summed E-state index contributed by atoms with van der Waals surface area (Å²) >= 11 is 0. The van der Waals surface area contributed by atoms with Gasteiger partial charge in [0.1, 0.15) is 5.60 Å². The summed E-state index contributed by atoms with van der Waals surface area (Å²) < 4.78 is 5.45. The number of carbonyl (C=O) groups excluding carboxylic acids is 2. The fourth-order valence-corrected chi connectivity index (χ4v) is 3.45. The summed E-state index contributed by atoms with van der Waals surface area (Å²) in [4.78, 5) is 25.0. The summed E-state index contributed by atoms with van der Waals surface area (Å²) in [6, 6.07) is 8.10. The van der Waals surface area contributed by atoms with Gasteiger partial charge in [0.05, 0.1) is 0 Å². The van der Waals surface area contributed by atoms with Gasteiger partial charge in [-0.15, -0.1) is 0 Å². The lowest BCUT2D eigenvalue weighted by molar-refractivity contribution is -0.114. The fraction of sp³-hybridized carbons (Fsp3) is 0.636. The summed E-state index contributed by atoms with van der Waals surface area (Å²) in [7, 11) is 0. The van der Waals surface area contributed by atoms with Crippen molar-refractivity contribution < 1.29 is 14.3 Å². The van der Waals surface area contributed by atoms with Crippen LogP contribution in [0.5, 0.6) is 0 Å². The third kappa shape index (κ3) is 8.02. The number of benzene rings is 1. The Kier molecular flexibility index (Phi) is 7.69. The Morgan fingerprint density at radius 1 is 1.11 bits per heavy atom. The Bertz CT molecular complexity index is 611. The number of aryl methyl sites for hydroxylation is 1. The number of nitrogens with zero attached hydrogens (tertiary/aromatic N) is 1. The average molecular weight is 375 g/mol. The Morgan fingerprint density at radius 3 is 2.30 bits per heavy atom. The zero-order valence-electron chi connectivity index (χ0n) is 17.2. The van der Waals surface area contributed by atoms with Gasteiger partial charge in [-0.1, -0.05) is 25.0 Å². The number of unbranched alkanes of at least 4 members (excludes halogenated alkanes) is 1. The Balaban J connectivity index is 1.62. The summed E-state index contributed by atoms with van der Waals surface area (Å²) in [6.07, 6.45) is 6.65. The van der Waals surface area contributed by atoms with E-state index >= 15 is 0 Å². The second-order valence-electron chi connectivity index (χ2n) is 8.53. The van der Waals surface area contributed by atoms with Gasteiger partial charge >= 0.3 is 6.09 Å². The van der Waals surface area contributed by atoms with Crippen LogP contribution in [0, 0.1) is 5.92 Å². The van der Waals surface area contributed by atoms with Gasteiger partial charge in [-0.25, -0.2) is 4.79 Å². The van der Waals surface area contributed by atoms with Gasteiger partial charge in [0.15, 0.2) is 0 Å². The molecule has 1 aromatic rings. The molecule has 1 heterocycles. The predicted molar refractivity (Wildman–Crippen MR) is 109 cm³/mol. The summed E-state index contributed by atoms with van der Waals surface area (Å²) in [5, 5.41) is 2.79. The molecule has 0 bridgehead atoms. The van der Waals surface area contributed by atoms with Gasteiger partial charge in [-0.3, -0.25) is 4.79 Å². The minimum absolute atomic E-state index is 0.0412. The smallest absolute Gasteiger partial charge is 0.410 e. The Labute approximate surface area is 163 Å². The molecule has 1 aliphatic rings. The van der Waals surface area contributed by atoms with Gasteiger partial charge in [-0.2, -0.15) is 0 Å². The van der Waals surface area contributed by atoms with E-state index in [0.29, 0.717) is 5.92 Å². The Hall–Kier alpha value is -2.04. The van der Waals surface area contributed by atoms with Crippen molar-refractivity contribution in [2.24, 2.45) is 5.92 Å². The molecule has 5 heteroatoms. The largest absolute Gasteiger partial charge is 0.444 e. The standard InChI is InChI=1S/C22H34N2O3/c1-17(25)23-20-11-9-18(10-12-20)7-5-6-8-19-13-15-24(16-14-19)21(26)27-22(2,3)4/h9-12,19H,5-8,13-16H2,1-4H3,(H,23,25). The number of hydrogen-bond acceptors (Lipinski definition) is 3. The number of likely N-dealkylation sites (tertiary alicyclic amines) is 1. The van der Waals surface area contributed by atoms with Gasteiger partial charge in [0.25, 0.3) is 0 Å². The molecule has 0 radical (unpaired) electrons. The maximum Gasteiger partial charge on any atom is 0.410 e. The van der Waals surface area contributed by atoms with Crippen molar-refractivity contribution in [3.63, 3.8) is 0 Å². The molecule has 1 N–H and O–H groups in total. The highest BCUT2D eigenvalue weighted by Gasteiger charge is 2.26. The first kappa shape index (κ1) is 21.3. The van der Waals surface area contributed by atoms with Crippen LogP contribution in [0.4, 0.5) is 10.5 Å². The molecule has 0 aliphatic carbocycles. The first-order valence-corrected chi connectivity index (χ1v) is 10.1. The predicted octanol–water partition coefficient (Wildman–Crippen LogP) is 5.00. The van der Waals surface area contributed by atoms with Crippen LogP contribution in [0.15, 0.2) is 24.3 Å². The number of anilines is 1. The number of ether oxygens (including phenoxy) is 1. The third-order valence-electron chi connectivity index (χ3n) is 4.87. The van der Waals surface area contributed by atoms with Crippen molar-refractivity contribution in [2.45, 2.75) is 71.8 Å². The quantitative estimate of drug-likeness (QED) is 0.713. The van der Waals surface area contributed by atoms with Crippen molar-refractivity contribution in [1.29, 1.82) is 0 Å². The normalized spacial score (nSPS) is 15.5. The van der Waals surface area contributed by atoms with Crippen LogP contribution >= 0.6 is 0 Å². The number of hydrogen-bond donors (Lipinski definition) is 1. The molecule has 1 aromatic carbocycles. The molecule has 1 aliphatic heterocycles. The van der Waals surface area contributed by atoms with Crippen molar-refractivity contribution >= 4 is 17.7 Å². The first-order chi connectivity index (χ1) is 12.7. The molecule has 0 spiro atoms. The highest BCUT2D eigenvalue weighted by atomic mass is 16.6. The minimum atomic E-state index is -0.422. The van der Waals surface area contributed by atoms with E-state index in [1.807, 2.05) is 37.8 Å². The fourth-order valence-electron chi connectivity index (χ4n) is 3.45. The van der Waals surface area contributed by atoms with Crippen LogP contribution in [0.3, 0.4) is 0 Å². The van der Waals surface area contributed by atoms with E-state index in [1.165, 1.54) is 31.7 Å². The molecule has 1 fully saturated rings. The first-order valence-electron chi connectivity index (χ1n) is 10.1. The lowest BCUT2D eigenvalue weighted by Crippen LogP contribution is -2.41. The van der Waals surface area contributed by atoms with Crippen molar-refractivity contribution in [3.8, 4) is 0 Å². The molecule has 5 nitrogen and oxygen atoms in total. The Morgan fingerprint density at radius 2 is 1.74 bits per heavy atom. The summed E-state index contributed by atoms with van der Waals surface area (Å²) in [5.74, 6) is 0.672. The number of carbonyl (C=O) groups is 2. The van der Waals surface area contributed by atoms with E-state index in [2.05, 4.69) is 17.4 Å². The van der Waals surface area contributed by atoms with Crippen LogP contribution in [-0.4, -0.2) is 35.6 Å². The van der Waals surface area contributed by atoms with E-state index in [-0.39, 0.29) is 12.0 Å². The zero-order chi connectivity index (χ0) is 19.9. The number of rotatable bonds is 6. The molecule has 150 valence electrons. The van der Waals surface area contributed by atoms with Crippen LogP contribution in [0.25, 0.3) is 0 Å². The molecule has 1 saturated heterocycles. The maximum atomic E-state index is 12.1. The van der Waals surface area contributed by atoms with E-state index in [4.69, 9.17) is 4.74 Å². The maximum absolute atomic E-state index is 12.1. The van der Waals surface area contributed by atoms with Gasteiger partial charge in [0, 0.05) is 25.7 Å². The van der Waals surface area contributed by atoms with E-state index in [9.17, 15) is 9.59 Å². The summed E-state index contributed by atoms with van der Waals surface area (Å²) in [6.45, 7) is 8.86. The molecular formula is C22H34N2O3. The van der Waals surface area contributed by atoms with Crippen molar-refractivity contribution in [1.82, 2.24) is 4.90 Å². The second-order valence-corrected chi connectivity index (χ2v) is 8.53. The monoisotopic (exact) mass is 374 g/mol. The van der Waals surface area contributed by atoms with E-state index < -0.39 is 5.60 Å². The number of piperidine rings is 1. The summed E-state index contributed by atoms with van der Waals surface area (Å²) in [5.41, 5.74) is 1.74. The zero-order valence-corrected chi connectivity index (χ0v) is 17.2. The molecule has 27 heavy (non-hydrogen) atoms. The van der Waals surface area contributed by atoms with Gasteiger partial charge in [0.2, 0.25) is 5.91 Å². The van der Waals surface area contributed by atoms with E-state index in [0.717, 1.165) is 38.0 Å². The molecule has 2 amide bonds. The lowest BCUT2D eigenvalue weighted by atomic mass is 9.91. The topological polar surface area (TPSA) is 58.6 Å². The molecule has 0 aromatic heterocycles. The van der Waals surface area contributed by atoms with Gasteiger partial charge in [-0.05, 0) is 70.1 Å². The number of nitrogens with one attached hydrogen (secondary N) is 1. The molecule has 0 unspecified atom stereocenters. The van der Waals surface area contributed by atoms with Crippen LogP contribution < -0.4 is 5.32 Å². The average Bonchev–Trinajstić information content (AvgIpc) is 2.58. The third-order valence-corrected chi connectivity index (χ3v) is 4.87. The van der Waals surface area contributed by atoms with Crippen LogP contribution in [0.2, 0.25) is 0 Å². The highest BCUT2D eigenvalue weighted by molar-refractivity contribution is 5.88. The molecular weight excluding hydrogens is 340 g/mol. The van der Waals surface area contributed by atoms with Crippen LogP contribution in [-0.2, 0) is 16.0 Å².